The van der Waals surface area contributed by atoms with Crippen LogP contribution in [0.25, 0.3) is 0 Å². The van der Waals surface area contributed by atoms with Gasteiger partial charge in [-0.1, -0.05) is 0 Å². The molecule has 0 radical (unpaired) electrons. The van der Waals surface area contributed by atoms with Crippen molar-refractivity contribution in [2.24, 2.45) is 0 Å². The molecule has 2 N–H and O–H groups in total. The third-order valence-corrected chi connectivity index (χ3v) is 2.27. The number of imidazole rings is 1. The summed E-state index contributed by atoms with van der Waals surface area (Å²) < 4.78 is 0. The Bertz CT molecular complexity index is 259. The van der Waals surface area contributed by atoms with Crippen LogP contribution in [0.1, 0.15) is 11.4 Å². The molecule has 0 spiro atoms. The van der Waals surface area contributed by atoms with Crippen molar-refractivity contribution in [2.45, 2.75) is 13.0 Å². The molecule has 66 valence electrons. The Kier molecular flexibility index (Phi) is 2.10. The molecule has 0 aliphatic carbocycles. The van der Waals surface area contributed by atoms with Crippen LogP contribution in [0.5, 0.6) is 0 Å². The monoisotopic (exact) mass is 167 g/mol. The lowest BCUT2D eigenvalue weighted by atomic mass is 10.1. The number of H-pyrrole nitrogens is 1. The molecule has 1 aromatic rings. The zero-order valence-electron chi connectivity index (χ0n) is 6.95. The predicted molar refractivity (Wildman–Crippen MR) is 44.7 cm³/mol. The minimum absolute atomic E-state index is 0.240. The molecular formula is C8H13N3O. The summed E-state index contributed by atoms with van der Waals surface area (Å²) in [4.78, 5) is 9.54. The smallest absolute Gasteiger partial charge is 0.0925 e. The first kappa shape index (κ1) is 7.76. The number of β-amino-alcohol motifs (C(OH)–C–C–N with tert-alkyl or cyclic N) is 1. The molecule has 4 heteroatoms. The standard InChI is InChI=1S/C8H13N3O/c12-4-3-11-2-1-7-8(5-11)10-6-9-7/h6,12H,1-5H2,(H,9,10). The Balaban J connectivity index is 2.05. The molecule has 1 aromatic heterocycles. The lowest BCUT2D eigenvalue weighted by molar-refractivity contribution is 0.182. The second kappa shape index (κ2) is 3.25. The summed E-state index contributed by atoms with van der Waals surface area (Å²) >= 11 is 0. The number of rotatable bonds is 2. The van der Waals surface area contributed by atoms with Gasteiger partial charge in [-0.25, -0.2) is 4.98 Å². The van der Waals surface area contributed by atoms with Crippen molar-refractivity contribution in [3.05, 3.63) is 17.7 Å². The lowest BCUT2D eigenvalue weighted by Gasteiger charge is -2.24. The van der Waals surface area contributed by atoms with Gasteiger partial charge >= 0.3 is 0 Å². The molecule has 1 aliphatic rings. The summed E-state index contributed by atoms with van der Waals surface area (Å²) in [6.45, 7) is 2.91. The zero-order chi connectivity index (χ0) is 8.39. The number of fused-ring (bicyclic) bond motifs is 1. The lowest BCUT2D eigenvalue weighted by Crippen LogP contribution is -2.32. The summed E-state index contributed by atoms with van der Waals surface area (Å²) in [7, 11) is 0. The van der Waals surface area contributed by atoms with Crippen molar-refractivity contribution in [2.75, 3.05) is 19.7 Å². The normalized spacial score (nSPS) is 17.8. The molecule has 0 saturated carbocycles. The van der Waals surface area contributed by atoms with E-state index in [1.807, 2.05) is 0 Å². The minimum Gasteiger partial charge on any atom is -0.395 e. The minimum atomic E-state index is 0.240. The van der Waals surface area contributed by atoms with Crippen LogP contribution in [0.15, 0.2) is 6.33 Å². The van der Waals surface area contributed by atoms with E-state index in [1.165, 1.54) is 11.4 Å². The topological polar surface area (TPSA) is 52.1 Å². The maximum atomic E-state index is 8.75. The molecule has 0 fully saturated rings. The van der Waals surface area contributed by atoms with E-state index in [9.17, 15) is 0 Å². The number of nitrogens with one attached hydrogen (secondary N) is 1. The first-order valence-corrected chi connectivity index (χ1v) is 4.24. The molecular weight excluding hydrogens is 154 g/mol. The number of aliphatic hydroxyl groups excluding tert-OH is 1. The third kappa shape index (κ3) is 1.35. The fourth-order valence-corrected chi connectivity index (χ4v) is 1.60. The van der Waals surface area contributed by atoms with E-state index >= 15 is 0 Å². The highest BCUT2D eigenvalue weighted by Gasteiger charge is 2.16. The van der Waals surface area contributed by atoms with Crippen molar-refractivity contribution >= 4 is 0 Å². The number of hydrogen-bond acceptors (Lipinski definition) is 3. The predicted octanol–water partition coefficient (Wildman–Crippen LogP) is -0.240. The van der Waals surface area contributed by atoms with Crippen LogP contribution in [0, 0.1) is 0 Å². The molecule has 0 bridgehead atoms. The molecule has 2 rings (SSSR count). The van der Waals surface area contributed by atoms with Crippen molar-refractivity contribution in [3.63, 3.8) is 0 Å². The average molecular weight is 167 g/mol. The van der Waals surface area contributed by atoms with Crippen LogP contribution >= 0.6 is 0 Å². The van der Waals surface area contributed by atoms with Gasteiger partial charge in [0.05, 0.1) is 24.3 Å². The Labute approximate surface area is 71.2 Å². The number of nitrogens with zero attached hydrogens (tertiary/aromatic N) is 2. The zero-order valence-corrected chi connectivity index (χ0v) is 6.95. The van der Waals surface area contributed by atoms with Gasteiger partial charge in [-0.05, 0) is 0 Å². The van der Waals surface area contributed by atoms with Gasteiger partial charge in [0.25, 0.3) is 0 Å². The van der Waals surface area contributed by atoms with Crippen LogP contribution in [0.3, 0.4) is 0 Å². The van der Waals surface area contributed by atoms with Crippen LogP contribution < -0.4 is 0 Å². The maximum Gasteiger partial charge on any atom is 0.0925 e. The first-order chi connectivity index (χ1) is 5.90. The Morgan fingerprint density at radius 1 is 1.67 bits per heavy atom. The van der Waals surface area contributed by atoms with E-state index < -0.39 is 0 Å². The Hall–Kier alpha value is -0.870. The highest BCUT2D eigenvalue weighted by atomic mass is 16.3. The Morgan fingerprint density at radius 2 is 2.58 bits per heavy atom. The molecule has 4 nitrogen and oxygen atoms in total. The van der Waals surface area contributed by atoms with Gasteiger partial charge in [-0.3, -0.25) is 4.90 Å². The number of aromatic amines is 1. The van der Waals surface area contributed by atoms with Crippen LogP contribution in [0.2, 0.25) is 0 Å². The fraction of sp³-hybridized carbons (Fsp3) is 0.625. The van der Waals surface area contributed by atoms with Gasteiger partial charge in [0, 0.05) is 26.1 Å². The van der Waals surface area contributed by atoms with E-state index in [0.717, 1.165) is 26.1 Å². The highest BCUT2D eigenvalue weighted by molar-refractivity contribution is 5.14. The quantitative estimate of drug-likeness (QED) is 0.639. The first-order valence-electron chi connectivity index (χ1n) is 4.24. The molecule has 1 aliphatic heterocycles. The summed E-state index contributed by atoms with van der Waals surface area (Å²) in [5.41, 5.74) is 2.39. The van der Waals surface area contributed by atoms with E-state index in [1.54, 1.807) is 6.33 Å². The van der Waals surface area contributed by atoms with Gasteiger partial charge in [0.1, 0.15) is 0 Å². The largest absolute Gasteiger partial charge is 0.395 e. The van der Waals surface area contributed by atoms with Gasteiger partial charge in [-0.2, -0.15) is 0 Å². The number of aliphatic hydroxyl groups is 1. The van der Waals surface area contributed by atoms with E-state index in [2.05, 4.69) is 14.9 Å². The van der Waals surface area contributed by atoms with Gasteiger partial charge in [0.15, 0.2) is 0 Å². The van der Waals surface area contributed by atoms with Crippen LogP contribution in [-0.4, -0.2) is 39.7 Å². The molecule has 12 heavy (non-hydrogen) atoms. The second-order valence-electron chi connectivity index (χ2n) is 3.08. The molecule has 0 aromatic carbocycles. The summed E-state index contributed by atoms with van der Waals surface area (Å²) in [5.74, 6) is 0. The maximum absolute atomic E-state index is 8.75. The molecule has 0 amide bonds. The van der Waals surface area contributed by atoms with Crippen molar-refractivity contribution in [1.82, 2.24) is 14.9 Å². The van der Waals surface area contributed by atoms with Crippen molar-refractivity contribution in [3.8, 4) is 0 Å². The van der Waals surface area contributed by atoms with Gasteiger partial charge in [0.2, 0.25) is 0 Å². The van der Waals surface area contributed by atoms with Gasteiger partial charge in [-0.15, -0.1) is 0 Å². The molecule has 2 heterocycles. The second-order valence-corrected chi connectivity index (χ2v) is 3.08. The van der Waals surface area contributed by atoms with E-state index in [-0.39, 0.29) is 6.61 Å². The van der Waals surface area contributed by atoms with E-state index in [4.69, 9.17) is 5.11 Å². The summed E-state index contributed by atoms with van der Waals surface area (Å²) in [6.07, 6.45) is 2.74. The van der Waals surface area contributed by atoms with Crippen molar-refractivity contribution in [1.29, 1.82) is 0 Å². The van der Waals surface area contributed by atoms with Gasteiger partial charge < -0.3 is 10.1 Å². The molecule has 0 unspecified atom stereocenters. The summed E-state index contributed by atoms with van der Waals surface area (Å²) in [5, 5.41) is 8.75. The highest BCUT2D eigenvalue weighted by Crippen LogP contribution is 2.13. The van der Waals surface area contributed by atoms with Crippen LogP contribution in [0.4, 0.5) is 0 Å². The van der Waals surface area contributed by atoms with E-state index in [0.29, 0.717) is 0 Å². The molecule has 0 saturated heterocycles. The number of hydrogen-bond donors (Lipinski definition) is 2. The fourth-order valence-electron chi connectivity index (χ4n) is 1.60. The number of aromatic nitrogens is 2. The Morgan fingerprint density at radius 3 is 3.42 bits per heavy atom. The van der Waals surface area contributed by atoms with Crippen LogP contribution in [-0.2, 0) is 13.0 Å². The summed E-state index contributed by atoms with van der Waals surface area (Å²) in [6, 6.07) is 0. The molecule has 0 atom stereocenters. The average Bonchev–Trinajstić information content (AvgIpc) is 2.51. The third-order valence-electron chi connectivity index (χ3n) is 2.27. The SMILES string of the molecule is OCCN1CCc2nc[nH]c2C1. The van der Waals surface area contributed by atoms with Crippen molar-refractivity contribution < 1.29 is 5.11 Å².